The van der Waals surface area contributed by atoms with E-state index in [-0.39, 0.29) is 12.3 Å². The first-order chi connectivity index (χ1) is 8.63. The van der Waals surface area contributed by atoms with Crippen molar-refractivity contribution >= 4 is 5.91 Å². The summed E-state index contributed by atoms with van der Waals surface area (Å²) >= 11 is 0. The van der Waals surface area contributed by atoms with Crippen LogP contribution in [-0.4, -0.2) is 16.0 Å². The topological polar surface area (TPSA) is 68.0 Å². The van der Waals surface area contributed by atoms with E-state index in [1.807, 2.05) is 31.2 Å². The van der Waals surface area contributed by atoms with E-state index in [9.17, 15) is 4.79 Å². The van der Waals surface area contributed by atoms with E-state index < -0.39 is 0 Å². The monoisotopic (exact) mass is 245 g/mol. The second-order valence-electron chi connectivity index (χ2n) is 4.17. The number of carbonyl (C=O) groups excluding carboxylic acids is 1. The maximum Gasteiger partial charge on any atom is 0.236 e. The highest BCUT2D eigenvalue weighted by atomic mass is 16.5. The summed E-state index contributed by atoms with van der Waals surface area (Å²) in [6.07, 6.45) is 0.118. The molecule has 0 atom stereocenters. The molecule has 1 N–H and O–H groups in total. The molecule has 2 rings (SSSR count). The van der Waals surface area contributed by atoms with Gasteiger partial charge in [0.15, 0.2) is 5.82 Å². The van der Waals surface area contributed by atoms with Crippen molar-refractivity contribution in [2.45, 2.75) is 26.8 Å². The Balaban J connectivity index is 1.83. The summed E-state index contributed by atoms with van der Waals surface area (Å²) in [6, 6.07) is 8.02. The van der Waals surface area contributed by atoms with Gasteiger partial charge in [0.1, 0.15) is 6.42 Å². The first kappa shape index (κ1) is 12.3. The molecule has 0 fully saturated rings. The van der Waals surface area contributed by atoms with E-state index in [0.29, 0.717) is 18.3 Å². The lowest BCUT2D eigenvalue weighted by molar-refractivity contribution is -0.120. The van der Waals surface area contributed by atoms with Crippen molar-refractivity contribution in [3.05, 3.63) is 47.1 Å². The predicted molar refractivity (Wildman–Crippen MR) is 65.8 cm³/mol. The minimum absolute atomic E-state index is 0.118. The van der Waals surface area contributed by atoms with Crippen LogP contribution in [-0.2, 0) is 17.8 Å². The van der Waals surface area contributed by atoms with Gasteiger partial charge in [0.05, 0.1) is 0 Å². The minimum Gasteiger partial charge on any atom is -0.352 e. The van der Waals surface area contributed by atoms with Gasteiger partial charge in [-0.05, 0) is 19.4 Å². The molecule has 0 radical (unpaired) electrons. The van der Waals surface area contributed by atoms with Crippen LogP contribution in [0.15, 0.2) is 28.8 Å². The average molecular weight is 245 g/mol. The van der Waals surface area contributed by atoms with Crippen LogP contribution >= 0.6 is 0 Å². The highest BCUT2D eigenvalue weighted by Crippen LogP contribution is 2.03. The molecule has 0 aliphatic heterocycles. The van der Waals surface area contributed by atoms with E-state index >= 15 is 0 Å². The van der Waals surface area contributed by atoms with Gasteiger partial charge in [0, 0.05) is 6.54 Å². The SMILES string of the molecule is Cc1ccc(CNC(=O)Cc2nc(C)no2)cc1. The van der Waals surface area contributed by atoms with Crippen LogP contribution in [0.5, 0.6) is 0 Å². The van der Waals surface area contributed by atoms with E-state index in [1.165, 1.54) is 5.56 Å². The summed E-state index contributed by atoms with van der Waals surface area (Å²) in [5.41, 5.74) is 2.27. The smallest absolute Gasteiger partial charge is 0.236 e. The Hall–Kier alpha value is -2.17. The van der Waals surface area contributed by atoms with Crippen molar-refractivity contribution in [1.29, 1.82) is 0 Å². The highest BCUT2D eigenvalue weighted by molar-refractivity contribution is 5.77. The van der Waals surface area contributed by atoms with Crippen molar-refractivity contribution in [2.75, 3.05) is 0 Å². The van der Waals surface area contributed by atoms with Gasteiger partial charge in [-0.2, -0.15) is 4.98 Å². The fraction of sp³-hybridized carbons (Fsp3) is 0.308. The van der Waals surface area contributed by atoms with Gasteiger partial charge < -0.3 is 9.84 Å². The van der Waals surface area contributed by atoms with Crippen molar-refractivity contribution in [3.63, 3.8) is 0 Å². The Bertz CT molecular complexity index is 531. The van der Waals surface area contributed by atoms with Gasteiger partial charge in [-0.15, -0.1) is 0 Å². The molecule has 1 heterocycles. The number of benzene rings is 1. The molecule has 5 heteroatoms. The van der Waals surface area contributed by atoms with Gasteiger partial charge in [-0.3, -0.25) is 4.79 Å². The number of nitrogens with one attached hydrogen (secondary N) is 1. The number of carbonyl (C=O) groups is 1. The van der Waals surface area contributed by atoms with Crippen LogP contribution < -0.4 is 5.32 Å². The fourth-order valence-electron chi connectivity index (χ4n) is 1.52. The second kappa shape index (κ2) is 5.44. The minimum atomic E-state index is -0.126. The molecule has 1 aromatic carbocycles. The number of amides is 1. The van der Waals surface area contributed by atoms with Crippen LogP contribution in [0.1, 0.15) is 22.8 Å². The van der Waals surface area contributed by atoms with Gasteiger partial charge in [0.2, 0.25) is 11.8 Å². The molecule has 1 aromatic heterocycles. The van der Waals surface area contributed by atoms with Crippen LogP contribution in [0.4, 0.5) is 0 Å². The highest BCUT2D eigenvalue weighted by Gasteiger charge is 2.09. The number of rotatable bonds is 4. The van der Waals surface area contributed by atoms with Crippen LogP contribution in [0.2, 0.25) is 0 Å². The summed E-state index contributed by atoms with van der Waals surface area (Å²) in [6.45, 7) is 4.25. The number of aromatic nitrogens is 2. The van der Waals surface area contributed by atoms with Crippen molar-refractivity contribution < 1.29 is 9.32 Å². The third-order valence-electron chi connectivity index (χ3n) is 2.49. The first-order valence-electron chi connectivity index (χ1n) is 5.75. The maximum atomic E-state index is 11.6. The van der Waals surface area contributed by atoms with Gasteiger partial charge >= 0.3 is 0 Å². The number of hydrogen-bond acceptors (Lipinski definition) is 4. The van der Waals surface area contributed by atoms with E-state index in [2.05, 4.69) is 15.5 Å². The second-order valence-corrected chi connectivity index (χ2v) is 4.17. The Morgan fingerprint density at radius 3 is 2.61 bits per heavy atom. The summed E-state index contributed by atoms with van der Waals surface area (Å²) in [7, 11) is 0. The molecule has 0 bridgehead atoms. The zero-order chi connectivity index (χ0) is 13.0. The van der Waals surface area contributed by atoms with Gasteiger partial charge in [-0.1, -0.05) is 35.0 Å². The molecule has 18 heavy (non-hydrogen) atoms. The molecule has 0 saturated heterocycles. The van der Waals surface area contributed by atoms with Crippen LogP contribution in [0.3, 0.4) is 0 Å². The summed E-state index contributed by atoms with van der Waals surface area (Å²) < 4.78 is 4.88. The van der Waals surface area contributed by atoms with Gasteiger partial charge in [-0.25, -0.2) is 0 Å². The van der Waals surface area contributed by atoms with E-state index in [4.69, 9.17) is 4.52 Å². The van der Waals surface area contributed by atoms with E-state index in [1.54, 1.807) is 6.92 Å². The Kier molecular flexibility index (Phi) is 3.72. The van der Waals surface area contributed by atoms with Crippen molar-refractivity contribution in [1.82, 2.24) is 15.5 Å². The van der Waals surface area contributed by atoms with Crippen LogP contribution in [0, 0.1) is 13.8 Å². The molecular weight excluding hydrogens is 230 g/mol. The molecule has 94 valence electrons. The molecule has 0 aliphatic carbocycles. The average Bonchev–Trinajstić information content (AvgIpc) is 2.74. The zero-order valence-corrected chi connectivity index (χ0v) is 10.4. The normalized spacial score (nSPS) is 10.3. The molecule has 0 unspecified atom stereocenters. The summed E-state index contributed by atoms with van der Waals surface area (Å²) in [5, 5.41) is 6.44. The maximum absolute atomic E-state index is 11.6. The predicted octanol–water partition coefficient (Wildman–Crippen LogP) is 1.55. The Morgan fingerprint density at radius 1 is 1.28 bits per heavy atom. The first-order valence-corrected chi connectivity index (χ1v) is 5.75. The molecule has 0 aliphatic rings. The summed E-state index contributed by atoms with van der Waals surface area (Å²) in [4.78, 5) is 15.6. The molecule has 2 aromatic rings. The van der Waals surface area contributed by atoms with Crippen molar-refractivity contribution in [2.24, 2.45) is 0 Å². The molecule has 5 nitrogen and oxygen atoms in total. The third kappa shape index (κ3) is 3.41. The molecular formula is C13H15N3O2. The largest absolute Gasteiger partial charge is 0.352 e. The van der Waals surface area contributed by atoms with Crippen molar-refractivity contribution in [3.8, 4) is 0 Å². The van der Waals surface area contributed by atoms with Gasteiger partial charge in [0.25, 0.3) is 0 Å². The molecule has 0 saturated carbocycles. The lowest BCUT2D eigenvalue weighted by atomic mass is 10.1. The number of nitrogens with zero attached hydrogens (tertiary/aromatic N) is 2. The fourth-order valence-corrected chi connectivity index (χ4v) is 1.52. The Labute approximate surface area is 105 Å². The third-order valence-corrected chi connectivity index (χ3v) is 2.49. The standard InChI is InChI=1S/C13H15N3O2/c1-9-3-5-11(6-4-9)8-14-12(17)7-13-15-10(2)16-18-13/h3-6H,7-8H2,1-2H3,(H,14,17). The number of aryl methyl sites for hydroxylation is 2. The molecule has 0 spiro atoms. The Morgan fingerprint density at radius 2 is 2.00 bits per heavy atom. The number of hydrogen-bond donors (Lipinski definition) is 1. The molecule has 1 amide bonds. The summed E-state index contributed by atoms with van der Waals surface area (Å²) in [5.74, 6) is 0.754. The zero-order valence-electron chi connectivity index (χ0n) is 10.4. The van der Waals surface area contributed by atoms with Crippen LogP contribution in [0.25, 0.3) is 0 Å². The quantitative estimate of drug-likeness (QED) is 0.887. The lowest BCUT2D eigenvalue weighted by Crippen LogP contribution is -2.24. The van der Waals surface area contributed by atoms with E-state index in [0.717, 1.165) is 5.56 Å². The lowest BCUT2D eigenvalue weighted by Gasteiger charge is -2.04.